The van der Waals surface area contributed by atoms with Crippen molar-refractivity contribution in [1.29, 1.82) is 0 Å². The van der Waals surface area contributed by atoms with Crippen LogP contribution in [-0.2, 0) is 4.79 Å². The van der Waals surface area contributed by atoms with Crippen molar-refractivity contribution in [1.82, 2.24) is 4.90 Å². The van der Waals surface area contributed by atoms with Gasteiger partial charge in [-0.2, -0.15) is 0 Å². The van der Waals surface area contributed by atoms with Gasteiger partial charge < -0.3 is 11.1 Å². The average molecular weight is 289 g/mol. The molecule has 1 amide bonds. The summed E-state index contributed by atoms with van der Waals surface area (Å²) in [6, 6.07) is 5.61. The van der Waals surface area contributed by atoms with Crippen molar-refractivity contribution >= 4 is 17.3 Å². The Morgan fingerprint density at radius 2 is 2.05 bits per heavy atom. The molecule has 0 radical (unpaired) electrons. The third kappa shape index (κ3) is 3.97. The number of carbonyl (C=O) groups is 1. The number of hydrogen-bond donors (Lipinski definition) is 2. The van der Waals surface area contributed by atoms with Crippen LogP contribution in [0.3, 0.4) is 0 Å². The molecular formula is C17H27N3O. The van der Waals surface area contributed by atoms with Crippen molar-refractivity contribution in [2.45, 2.75) is 40.0 Å². The molecule has 21 heavy (non-hydrogen) atoms. The van der Waals surface area contributed by atoms with Crippen molar-refractivity contribution < 1.29 is 4.79 Å². The topological polar surface area (TPSA) is 58.4 Å². The lowest BCUT2D eigenvalue weighted by Gasteiger charge is -2.38. The van der Waals surface area contributed by atoms with Crippen LogP contribution >= 0.6 is 0 Å². The summed E-state index contributed by atoms with van der Waals surface area (Å²) in [5, 5.41) is 2.97. The third-order valence-electron chi connectivity index (χ3n) is 4.93. The number of nitrogens with one attached hydrogen (secondary N) is 1. The highest BCUT2D eigenvalue weighted by Crippen LogP contribution is 2.33. The molecule has 1 aromatic carbocycles. The Bertz CT molecular complexity index is 505. The molecule has 0 aliphatic carbocycles. The molecule has 1 aromatic rings. The Morgan fingerprint density at radius 1 is 1.38 bits per heavy atom. The fourth-order valence-corrected chi connectivity index (χ4v) is 2.79. The second kappa shape index (κ2) is 6.48. The highest BCUT2D eigenvalue weighted by atomic mass is 16.2. The molecule has 4 nitrogen and oxygen atoms in total. The van der Waals surface area contributed by atoms with Crippen LogP contribution < -0.4 is 11.1 Å². The van der Waals surface area contributed by atoms with Gasteiger partial charge in [0.1, 0.15) is 0 Å². The number of likely N-dealkylation sites (tertiary alicyclic amines) is 1. The van der Waals surface area contributed by atoms with Crippen molar-refractivity contribution in [3.8, 4) is 0 Å². The maximum Gasteiger partial charge on any atom is 0.238 e. The molecule has 1 saturated heterocycles. The Kier molecular flexibility index (Phi) is 4.88. The molecule has 116 valence electrons. The largest absolute Gasteiger partial charge is 0.398 e. The second-order valence-corrected chi connectivity index (χ2v) is 6.51. The van der Waals surface area contributed by atoms with Crippen molar-refractivity contribution in [3.05, 3.63) is 23.8 Å². The molecule has 0 atom stereocenters. The fraction of sp³-hybridized carbons (Fsp3) is 0.588. The number of nitrogens with two attached hydrogens (primary N) is 1. The Balaban J connectivity index is 1.87. The van der Waals surface area contributed by atoms with E-state index in [2.05, 4.69) is 24.1 Å². The molecule has 3 N–H and O–H groups in total. The quantitative estimate of drug-likeness (QED) is 0.838. The zero-order chi connectivity index (χ0) is 15.5. The molecule has 0 saturated carbocycles. The Hall–Kier alpha value is -1.55. The van der Waals surface area contributed by atoms with E-state index < -0.39 is 0 Å². The first kappa shape index (κ1) is 15.8. The third-order valence-corrected chi connectivity index (χ3v) is 4.93. The summed E-state index contributed by atoms with van der Waals surface area (Å²) in [6.45, 7) is 9.01. The van der Waals surface area contributed by atoms with Crippen molar-refractivity contribution in [3.63, 3.8) is 0 Å². The van der Waals surface area contributed by atoms with Gasteiger partial charge in [-0.25, -0.2) is 0 Å². The molecule has 1 fully saturated rings. The predicted octanol–water partition coefficient (Wildman–Crippen LogP) is 3.03. The van der Waals surface area contributed by atoms with Gasteiger partial charge in [0.05, 0.1) is 6.54 Å². The predicted molar refractivity (Wildman–Crippen MR) is 88.3 cm³/mol. The zero-order valence-electron chi connectivity index (χ0n) is 13.4. The van der Waals surface area contributed by atoms with Gasteiger partial charge in [0.25, 0.3) is 0 Å². The van der Waals surface area contributed by atoms with Crippen LogP contribution in [0.2, 0.25) is 0 Å². The van der Waals surface area contributed by atoms with E-state index in [0.717, 1.165) is 24.3 Å². The van der Waals surface area contributed by atoms with E-state index in [-0.39, 0.29) is 5.91 Å². The summed E-state index contributed by atoms with van der Waals surface area (Å²) < 4.78 is 0. The first-order chi connectivity index (χ1) is 9.93. The lowest BCUT2D eigenvalue weighted by atomic mass is 9.78. The summed E-state index contributed by atoms with van der Waals surface area (Å²) in [7, 11) is 0. The number of nitrogens with zero attached hydrogens (tertiary/aromatic N) is 1. The highest BCUT2D eigenvalue weighted by Gasteiger charge is 2.28. The van der Waals surface area contributed by atoms with Gasteiger partial charge in [-0.3, -0.25) is 9.69 Å². The lowest BCUT2D eigenvalue weighted by molar-refractivity contribution is -0.117. The molecule has 0 bridgehead atoms. The minimum atomic E-state index is 0.0452. The summed E-state index contributed by atoms with van der Waals surface area (Å²) in [4.78, 5) is 14.4. The summed E-state index contributed by atoms with van der Waals surface area (Å²) in [5.74, 6) is 0.0452. The van der Waals surface area contributed by atoms with Gasteiger partial charge in [0, 0.05) is 11.4 Å². The van der Waals surface area contributed by atoms with Crippen LogP contribution in [0.4, 0.5) is 11.4 Å². The van der Waals surface area contributed by atoms with Gasteiger partial charge in [-0.05, 0) is 56.0 Å². The minimum absolute atomic E-state index is 0.0452. The van der Waals surface area contributed by atoms with Crippen LogP contribution in [0, 0.1) is 12.3 Å². The van der Waals surface area contributed by atoms with E-state index in [4.69, 9.17) is 5.73 Å². The number of anilines is 2. The van der Waals surface area contributed by atoms with E-state index in [0.29, 0.717) is 17.6 Å². The molecule has 2 rings (SSSR count). The number of amides is 1. The molecule has 0 spiro atoms. The van der Waals surface area contributed by atoms with E-state index in [1.54, 1.807) is 0 Å². The summed E-state index contributed by atoms with van der Waals surface area (Å²) >= 11 is 0. The van der Waals surface area contributed by atoms with Gasteiger partial charge in [0.2, 0.25) is 5.91 Å². The number of hydrogen-bond acceptors (Lipinski definition) is 3. The first-order valence-electron chi connectivity index (χ1n) is 7.81. The van der Waals surface area contributed by atoms with E-state index >= 15 is 0 Å². The van der Waals surface area contributed by atoms with E-state index in [1.807, 2.05) is 25.1 Å². The molecule has 1 heterocycles. The fourth-order valence-electron chi connectivity index (χ4n) is 2.79. The van der Waals surface area contributed by atoms with E-state index in [1.165, 1.54) is 19.3 Å². The number of benzene rings is 1. The van der Waals surface area contributed by atoms with E-state index in [9.17, 15) is 4.79 Å². The van der Waals surface area contributed by atoms with Gasteiger partial charge in [-0.15, -0.1) is 0 Å². The molecule has 0 aromatic heterocycles. The molecule has 4 heteroatoms. The number of carbonyl (C=O) groups excluding carboxylic acids is 1. The van der Waals surface area contributed by atoms with Crippen molar-refractivity contribution in [2.75, 3.05) is 30.7 Å². The normalized spacial score (nSPS) is 18.4. The lowest BCUT2D eigenvalue weighted by Crippen LogP contribution is -2.42. The zero-order valence-corrected chi connectivity index (χ0v) is 13.4. The van der Waals surface area contributed by atoms with Crippen LogP contribution in [0.15, 0.2) is 18.2 Å². The molecule has 1 aliphatic rings. The van der Waals surface area contributed by atoms with Gasteiger partial charge in [0.15, 0.2) is 0 Å². The second-order valence-electron chi connectivity index (χ2n) is 6.51. The Morgan fingerprint density at radius 3 is 2.67 bits per heavy atom. The van der Waals surface area contributed by atoms with Crippen LogP contribution in [0.1, 0.15) is 38.7 Å². The van der Waals surface area contributed by atoms with Crippen LogP contribution in [-0.4, -0.2) is 30.4 Å². The maximum atomic E-state index is 12.2. The van der Waals surface area contributed by atoms with Crippen molar-refractivity contribution in [2.24, 2.45) is 5.41 Å². The van der Waals surface area contributed by atoms with Gasteiger partial charge in [-0.1, -0.05) is 26.3 Å². The minimum Gasteiger partial charge on any atom is -0.398 e. The summed E-state index contributed by atoms with van der Waals surface area (Å²) in [5.41, 5.74) is 8.78. The number of rotatable bonds is 4. The standard InChI is InChI=1S/C17H27N3O/c1-4-17(3)8-10-20(11-9-17)12-16(21)19-15-7-5-6-14(18)13(15)2/h5-7H,4,8-12,18H2,1-3H3,(H,19,21). The monoisotopic (exact) mass is 289 g/mol. The Labute approximate surface area is 127 Å². The highest BCUT2D eigenvalue weighted by molar-refractivity contribution is 5.93. The maximum absolute atomic E-state index is 12.2. The SMILES string of the molecule is CCC1(C)CCN(CC(=O)Nc2cccc(N)c2C)CC1. The molecular weight excluding hydrogens is 262 g/mol. The number of piperidine rings is 1. The van der Waals surface area contributed by atoms with Gasteiger partial charge >= 0.3 is 0 Å². The number of nitrogen functional groups attached to an aromatic ring is 1. The average Bonchev–Trinajstić information content (AvgIpc) is 2.47. The summed E-state index contributed by atoms with van der Waals surface area (Å²) in [6.07, 6.45) is 3.57. The molecule has 1 aliphatic heterocycles. The smallest absolute Gasteiger partial charge is 0.238 e. The van der Waals surface area contributed by atoms with Crippen LogP contribution in [0.25, 0.3) is 0 Å². The first-order valence-corrected chi connectivity index (χ1v) is 7.81. The molecule has 0 unspecified atom stereocenters. The van der Waals surface area contributed by atoms with Crippen LogP contribution in [0.5, 0.6) is 0 Å².